The van der Waals surface area contributed by atoms with Gasteiger partial charge in [0.05, 0.1) is 5.60 Å². The predicted octanol–water partition coefficient (Wildman–Crippen LogP) is 4.00. The zero-order valence-corrected chi connectivity index (χ0v) is 13.3. The SMILES string of the molecule is COC(C)(C)CCC1CCCC1CNC(C)(C)C. The van der Waals surface area contributed by atoms with Crippen LogP contribution in [0.2, 0.25) is 0 Å². The van der Waals surface area contributed by atoms with Gasteiger partial charge in [-0.15, -0.1) is 0 Å². The quantitative estimate of drug-likeness (QED) is 0.774. The van der Waals surface area contributed by atoms with E-state index in [1.807, 2.05) is 7.11 Å². The van der Waals surface area contributed by atoms with Gasteiger partial charge in [-0.3, -0.25) is 0 Å². The summed E-state index contributed by atoms with van der Waals surface area (Å²) >= 11 is 0. The molecule has 108 valence electrons. The Kier molecular flexibility index (Phi) is 5.67. The highest BCUT2D eigenvalue weighted by Gasteiger charge is 2.29. The third-order valence-corrected chi connectivity index (χ3v) is 4.38. The molecule has 0 aromatic heterocycles. The van der Waals surface area contributed by atoms with E-state index in [2.05, 4.69) is 39.9 Å². The van der Waals surface area contributed by atoms with Gasteiger partial charge in [-0.1, -0.05) is 12.8 Å². The fraction of sp³-hybridized carbons (Fsp3) is 1.00. The first-order chi connectivity index (χ1) is 8.23. The highest BCUT2D eigenvalue weighted by Crippen LogP contribution is 2.36. The first-order valence-electron chi connectivity index (χ1n) is 7.54. The van der Waals surface area contributed by atoms with Crippen molar-refractivity contribution in [2.45, 2.75) is 77.9 Å². The molecule has 2 heteroatoms. The molecule has 0 radical (unpaired) electrons. The van der Waals surface area contributed by atoms with Crippen molar-refractivity contribution in [3.63, 3.8) is 0 Å². The lowest BCUT2D eigenvalue weighted by atomic mass is 9.87. The van der Waals surface area contributed by atoms with Crippen molar-refractivity contribution in [1.29, 1.82) is 0 Å². The molecule has 0 aromatic carbocycles. The average molecular weight is 255 g/mol. The number of methoxy groups -OCH3 is 1. The van der Waals surface area contributed by atoms with Gasteiger partial charge in [0.15, 0.2) is 0 Å². The third-order valence-electron chi connectivity index (χ3n) is 4.38. The molecule has 1 aliphatic rings. The van der Waals surface area contributed by atoms with Gasteiger partial charge in [-0.2, -0.15) is 0 Å². The number of rotatable bonds is 6. The molecule has 0 heterocycles. The van der Waals surface area contributed by atoms with Crippen molar-refractivity contribution in [2.24, 2.45) is 11.8 Å². The molecule has 1 rings (SSSR count). The van der Waals surface area contributed by atoms with Gasteiger partial charge < -0.3 is 10.1 Å². The van der Waals surface area contributed by atoms with E-state index in [0.29, 0.717) is 0 Å². The lowest BCUT2D eigenvalue weighted by Gasteiger charge is -2.29. The fourth-order valence-corrected chi connectivity index (χ4v) is 2.83. The summed E-state index contributed by atoms with van der Waals surface area (Å²) in [7, 11) is 1.83. The molecule has 0 saturated heterocycles. The molecule has 1 aliphatic carbocycles. The molecule has 2 atom stereocenters. The van der Waals surface area contributed by atoms with Crippen LogP contribution in [0.3, 0.4) is 0 Å². The van der Waals surface area contributed by atoms with Crippen LogP contribution >= 0.6 is 0 Å². The molecule has 2 nitrogen and oxygen atoms in total. The van der Waals surface area contributed by atoms with Gasteiger partial charge in [0.25, 0.3) is 0 Å². The maximum absolute atomic E-state index is 5.53. The van der Waals surface area contributed by atoms with Crippen molar-refractivity contribution in [3.05, 3.63) is 0 Å². The standard InChI is InChI=1S/C16H33NO/c1-15(2,3)17-12-14-9-7-8-13(14)10-11-16(4,5)18-6/h13-14,17H,7-12H2,1-6H3. The van der Waals surface area contributed by atoms with Crippen LogP contribution in [-0.4, -0.2) is 24.8 Å². The lowest BCUT2D eigenvalue weighted by Crippen LogP contribution is -2.40. The summed E-state index contributed by atoms with van der Waals surface area (Å²) in [5, 5.41) is 3.67. The Morgan fingerprint density at radius 1 is 1.06 bits per heavy atom. The highest BCUT2D eigenvalue weighted by atomic mass is 16.5. The normalized spacial score (nSPS) is 25.7. The maximum atomic E-state index is 5.53. The molecule has 0 aromatic rings. The largest absolute Gasteiger partial charge is 0.379 e. The van der Waals surface area contributed by atoms with E-state index in [1.54, 1.807) is 0 Å². The van der Waals surface area contributed by atoms with E-state index in [1.165, 1.54) is 38.6 Å². The van der Waals surface area contributed by atoms with E-state index in [-0.39, 0.29) is 11.1 Å². The van der Waals surface area contributed by atoms with E-state index in [9.17, 15) is 0 Å². The van der Waals surface area contributed by atoms with Crippen molar-refractivity contribution >= 4 is 0 Å². The van der Waals surface area contributed by atoms with Crippen LogP contribution in [0.15, 0.2) is 0 Å². The van der Waals surface area contributed by atoms with Crippen molar-refractivity contribution in [3.8, 4) is 0 Å². The van der Waals surface area contributed by atoms with Gasteiger partial charge in [-0.25, -0.2) is 0 Å². The second-order valence-corrected chi connectivity index (χ2v) is 7.58. The Balaban J connectivity index is 2.36. The maximum Gasteiger partial charge on any atom is 0.0622 e. The van der Waals surface area contributed by atoms with Crippen molar-refractivity contribution in [1.82, 2.24) is 5.32 Å². The van der Waals surface area contributed by atoms with E-state index < -0.39 is 0 Å². The Morgan fingerprint density at radius 3 is 2.22 bits per heavy atom. The topological polar surface area (TPSA) is 21.3 Å². The molecule has 1 N–H and O–H groups in total. The minimum Gasteiger partial charge on any atom is -0.379 e. The number of nitrogens with one attached hydrogen (secondary N) is 1. The van der Waals surface area contributed by atoms with Crippen LogP contribution in [0.1, 0.15) is 66.7 Å². The summed E-state index contributed by atoms with van der Waals surface area (Å²) in [5.41, 5.74) is 0.295. The summed E-state index contributed by atoms with van der Waals surface area (Å²) in [6, 6.07) is 0. The van der Waals surface area contributed by atoms with Gasteiger partial charge in [0.1, 0.15) is 0 Å². The molecule has 18 heavy (non-hydrogen) atoms. The Morgan fingerprint density at radius 2 is 1.67 bits per heavy atom. The zero-order valence-electron chi connectivity index (χ0n) is 13.3. The minimum atomic E-state index is 0.0462. The summed E-state index contributed by atoms with van der Waals surface area (Å²) in [6.07, 6.45) is 6.73. The molecule has 1 fully saturated rings. The number of hydrogen-bond acceptors (Lipinski definition) is 2. The van der Waals surface area contributed by atoms with E-state index in [4.69, 9.17) is 4.74 Å². The number of hydrogen-bond donors (Lipinski definition) is 1. The highest BCUT2D eigenvalue weighted by molar-refractivity contribution is 4.83. The zero-order chi connectivity index (χ0) is 13.8. The lowest BCUT2D eigenvalue weighted by molar-refractivity contribution is 0.00897. The van der Waals surface area contributed by atoms with Crippen LogP contribution < -0.4 is 5.32 Å². The van der Waals surface area contributed by atoms with Crippen molar-refractivity contribution in [2.75, 3.05) is 13.7 Å². The van der Waals surface area contributed by atoms with Crippen LogP contribution in [0.25, 0.3) is 0 Å². The molecule has 0 bridgehead atoms. The van der Waals surface area contributed by atoms with Gasteiger partial charge >= 0.3 is 0 Å². The van der Waals surface area contributed by atoms with Crippen LogP contribution in [0.5, 0.6) is 0 Å². The molecular formula is C16H33NO. The second kappa shape index (κ2) is 6.38. The number of ether oxygens (including phenoxy) is 1. The fourth-order valence-electron chi connectivity index (χ4n) is 2.83. The van der Waals surface area contributed by atoms with Gasteiger partial charge in [0.2, 0.25) is 0 Å². The second-order valence-electron chi connectivity index (χ2n) is 7.58. The van der Waals surface area contributed by atoms with Gasteiger partial charge in [0, 0.05) is 12.6 Å². The smallest absolute Gasteiger partial charge is 0.0622 e. The first kappa shape index (κ1) is 16.0. The monoisotopic (exact) mass is 255 g/mol. The molecular weight excluding hydrogens is 222 g/mol. The Hall–Kier alpha value is -0.0800. The van der Waals surface area contributed by atoms with Crippen LogP contribution in [-0.2, 0) is 4.74 Å². The Labute approximate surface area is 114 Å². The summed E-state index contributed by atoms with van der Waals surface area (Å²) < 4.78 is 5.53. The van der Waals surface area contributed by atoms with E-state index in [0.717, 1.165) is 11.8 Å². The molecule has 1 saturated carbocycles. The van der Waals surface area contributed by atoms with E-state index >= 15 is 0 Å². The molecule has 0 amide bonds. The molecule has 0 aliphatic heterocycles. The van der Waals surface area contributed by atoms with Crippen molar-refractivity contribution < 1.29 is 4.74 Å². The summed E-state index contributed by atoms with van der Waals surface area (Å²) in [6.45, 7) is 12.3. The summed E-state index contributed by atoms with van der Waals surface area (Å²) in [4.78, 5) is 0. The average Bonchev–Trinajstić information content (AvgIpc) is 2.70. The molecule has 2 unspecified atom stereocenters. The first-order valence-corrected chi connectivity index (χ1v) is 7.54. The predicted molar refractivity (Wildman–Crippen MR) is 78.9 cm³/mol. The third kappa shape index (κ3) is 5.71. The van der Waals surface area contributed by atoms with Crippen LogP contribution in [0.4, 0.5) is 0 Å². The van der Waals surface area contributed by atoms with Crippen LogP contribution in [0, 0.1) is 11.8 Å². The Bertz CT molecular complexity index is 242. The minimum absolute atomic E-state index is 0.0462. The molecule has 0 spiro atoms. The summed E-state index contributed by atoms with van der Waals surface area (Å²) in [5.74, 6) is 1.77. The van der Waals surface area contributed by atoms with Gasteiger partial charge in [-0.05, 0) is 72.3 Å².